The Balaban J connectivity index is 1.67. The maximum atomic E-state index is 14.2. The van der Waals surface area contributed by atoms with Crippen molar-refractivity contribution in [1.82, 2.24) is 4.31 Å². The molecule has 11 heteroatoms. The van der Waals surface area contributed by atoms with E-state index >= 15 is 0 Å². The molecule has 0 aromatic heterocycles. The molecule has 0 aliphatic carbocycles. The van der Waals surface area contributed by atoms with Gasteiger partial charge in [-0.2, -0.15) is 4.31 Å². The van der Waals surface area contributed by atoms with Crippen molar-refractivity contribution in [3.8, 4) is 0 Å². The summed E-state index contributed by atoms with van der Waals surface area (Å²) in [4.78, 5) is 23.6. The third kappa shape index (κ3) is 5.33. The van der Waals surface area contributed by atoms with Gasteiger partial charge in [0.05, 0.1) is 18.8 Å². The highest BCUT2D eigenvalue weighted by Gasteiger charge is 2.30. The van der Waals surface area contributed by atoms with E-state index in [0.717, 1.165) is 22.5 Å². The highest BCUT2D eigenvalue weighted by atomic mass is 35.5. The van der Waals surface area contributed by atoms with Gasteiger partial charge in [-0.05, 0) is 36.4 Å². The molecule has 8 nitrogen and oxygen atoms in total. The Hall–Kier alpha value is -2.53. The number of amides is 1. The van der Waals surface area contributed by atoms with Gasteiger partial charge < -0.3 is 14.8 Å². The number of hydrogen-bond donors (Lipinski definition) is 1. The zero-order chi connectivity index (χ0) is 21.7. The number of hydrogen-bond acceptors (Lipinski definition) is 6. The largest absolute Gasteiger partial charge is 0.452 e. The lowest BCUT2D eigenvalue weighted by Crippen LogP contribution is -2.41. The van der Waals surface area contributed by atoms with Crippen molar-refractivity contribution in [3.63, 3.8) is 0 Å². The van der Waals surface area contributed by atoms with Crippen LogP contribution in [0.4, 0.5) is 10.1 Å². The first kappa shape index (κ1) is 22.2. The van der Waals surface area contributed by atoms with E-state index in [9.17, 15) is 22.4 Å². The van der Waals surface area contributed by atoms with Crippen molar-refractivity contribution >= 4 is 39.2 Å². The van der Waals surface area contributed by atoms with Crippen LogP contribution in [0.15, 0.2) is 47.4 Å². The first-order valence-corrected chi connectivity index (χ1v) is 10.7. The molecule has 2 aromatic carbocycles. The number of anilines is 1. The highest BCUT2D eigenvalue weighted by molar-refractivity contribution is 7.89. The average molecular weight is 457 g/mol. The van der Waals surface area contributed by atoms with Crippen LogP contribution in [-0.4, -0.2) is 57.5 Å². The molecule has 0 bridgehead atoms. The fraction of sp³-hybridized carbons (Fsp3) is 0.263. The normalized spacial score (nSPS) is 14.9. The molecule has 1 N–H and O–H groups in total. The standard InChI is InChI=1S/C19H18ClFN2O6S/c20-14-2-1-3-15(11-14)22-18(24)12-29-19(25)13-4-5-16(21)17(10-13)30(26,27)23-6-8-28-9-7-23/h1-5,10-11H,6-9,12H2,(H,22,24). The van der Waals surface area contributed by atoms with Gasteiger partial charge in [0, 0.05) is 23.8 Å². The summed E-state index contributed by atoms with van der Waals surface area (Å²) >= 11 is 5.83. The lowest BCUT2D eigenvalue weighted by atomic mass is 10.2. The predicted molar refractivity (Wildman–Crippen MR) is 106 cm³/mol. The molecule has 3 rings (SSSR count). The number of nitrogens with one attached hydrogen (secondary N) is 1. The van der Waals surface area contributed by atoms with Crippen LogP contribution in [0.3, 0.4) is 0 Å². The van der Waals surface area contributed by atoms with Crippen molar-refractivity contribution in [2.24, 2.45) is 0 Å². The topological polar surface area (TPSA) is 102 Å². The van der Waals surface area contributed by atoms with Crippen LogP contribution in [0, 0.1) is 5.82 Å². The smallest absolute Gasteiger partial charge is 0.338 e. The van der Waals surface area contributed by atoms with Gasteiger partial charge in [-0.25, -0.2) is 17.6 Å². The second-order valence-electron chi connectivity index (χ2n) is 6.30. The van der Waals surface area contributed by atoms with Gasteiger partial charge in [-0.1, -0.05) is 17.7 Å². The Kier molecular flexibility index (Phi) is 7.03. The molecule has 1 heterocycles. The number of carbonyl (C=O) groups is 2. The van der Waals surface area contributed by atoms with Gasteiger partial charge in [0.15, 0.2) is 6.61 Å². The average Bonchev–Trinajstić information content (AvgIpc) is 2.73. The monoisotopic (exact) mass is 456 g/mol. The number of carbonyl (C=O) groups excluding carboxylic acids is 2. The van der Waals surface area contributed by atoms with Crippen molar-refractivity contribution < 1.29 is 31.9 Å². The van der Waals surface area contributed by atoms with Gasteiger partial charge in [-0.15, -0.1) is 0 Å². The minimum atomic E-state index is -4.15. The van der Waals surface area contributed by atoms with Gasteiger partial charge in [-0.3, -0.25) is 4.79 Å². The number of morpholine rings is 1. The molecule has 30 heavy (non-hydrogen) atoms. The molecule has 1 saturated heterocycles. The van der Waals surface area contributed by atoms with E-state index in [1.165, 1.54) is 6.07 Å². The van der Waals surface area contributed by atoms with Crippen molar-refractivity contribution in [2.45, 2.75) is 4.90 Å². The summed E-state index contributed by atoms with van der Waals surface area (Å²) < 4.78 is 50.7. The lowest BCUT2D eigenvalue weighted by Gasteiger charge is -2.26. The lowest BCUT2D eigenvalue weighted by molar-refractivity contribution is -0.119. The number of nitrogens with zero attached hydrogens (tertiary/aromatic N) is 1. The summed E-state index contributed by atoms with van der Waals surface area (Å²) in [7, 11) is -4.15. The van der Waals surface area contributed by atoms with Crippen molar-refractivity contribution in [3.05, 3.63) is 58.9 Å². The van der Waals surface area contributed by atoms with Crippen LogP contribution < -0.4 is 5.32 Å². The summed E-state index contributed by atoms with van der Waals surface area (Å²) in [6, 6.07) is 9.25. The molecule has 1 fully saturated rings. The minimum Gasteiger partial charge on any atom is -0.452 e. The van der Waals surface area contributed by atoms with Crippen LogP contribution in [0.5, 0.6) is 0 Å². The number of sulfonamides is 1. The second kappa shape index (κ2) is 9.52. The van der Waals surface area contributed by atoms with E-state index in [1.807, 2.05) is 0 Å². The van der Waals surface area contributed by atoms with Crippen LogP contribution >= 0.6 is 11.6 Å². The first-order valence-electron chi connectivity index (χ1n) is 8.87. The molecular formula is C19H18ClFN2O6S. The summed E-state index contributed by atoms with van der Waals surface area (Å²) in [6.45, 7) is -0.0524. The summed E-state index contributed by atoms with van der Waals surface area (Å²) in [5, 5.41) is 2.92. The zero-order valence-electron chi connectivity index (χ0n) is 15.6. The fourth-order valence-electron chi connectivity index (χ4n) is 2.73. The predicted octanol–water partition coefficient (Wildman–Crippen LogP) is 2.30. The Morgan fingerprint density at radius 3 is 2.60 bits per heavy atom. The third-order valence-electron chi connectivity index (χ3n) is 4.20. The quantitative estimate of drug-likeness (QED) is 0.669. The van der Waals surface area contributed by atoms with E-state index in [0.29, 0.717) is 10.7 Å². The zero-order valence-corrected chi connectivity index (χ0v) is 17.2. The van der Waals surface area contributed by atoms with Crippen LogP contribution in [0.2, 0.25) is 5.02 Å². The van der Waals surface area contributed by atoms with Crippen molar-refractivity contribution in [1.29, 1.82) is 0 Å². The Bertz CT molecular complexity index is 1060. The molecular weight excluding hydrogens is 439 g/mol. The van der Waals surface area contributed by atoms with Gasteiger partial charge in [0.1, 0.15) is 10.7 Å². The number of benzene rings is 2. The Morgan fingerprint density at radius 1 is 1.17 bits per heavy atom. The molecule has 0 radical (unpaired) electrons. The highest BCUT2D eigenvalue weighted by Crippen LogP contribution is 2.22. The number of rotatable bonds is 6. The fourth-order valence-corrected chi connectivity index (χ4v) is 4.42. The van der Waals surface area contributed by atoms with E-state index in [4.69, 9.17) is 21.1 Å². The first-order chi connectivity index (χ1) is 14.3. The van der Waals surface area contributed by atoms with E-state index in [1.54, 1.807) is 18.2 Å². The molecule has 160 valence electrons. The van der Waals surface area contributed by atoms with Crippen LogP contribution in [-0.2, 0) is 24.3 Å². The molecule has 0 atom stereocenters. The Morgan fingerprint density at radius 2 is 1.90 bits per heavy atom. The molecule has 1 aliphatic heterocycles. The summed E-state index contributed by atoms with van der Waals surface area (Å²) in [5.74, 6) is -2.57. The number of ether oxygens (including phenoxy) is 2. The van der Waals surface area contributed by atoms with E-state index in [-0.39, 0.29) is 31.9 Å². The summed E-state index contributed by atoms with van der Waals surface area (Å²) in [5.41, 5.74) is 0.225. The van der Waals surface area contributed by atoms with Crippen molar-refractivity contribution in [2.75, 3.05) is 38.2 Å². The second-order valence-corrected chi connectivity index (χ2v) is 8.64. The van der Waals surface area contributed by atoms with Gasteiger partial charge >= 0.3 is 5.97 Å². The molecule has 1 aliphatic rings. The van der Waals surface area contributed by atoms with E-state index in [2.05, 4.69) is 5.32 Å². The number of halogens is 2. The maximum absolute atomic E-state index is 14.2. The third-order valence-corrected chi connectivity index (χ3v) is 6.35. The molecule has 0 unspecified atom stereocenters. The Labute approximate surface area is 177 Å². The van der Waals surface area contributed by atoms with E-state index < -0.39 is 39.2 Å². The summed E-state index contributed by atoms with van der Waals surface area (Å²) in [6.07, 6.45) is 0. The minimum absolute atomic E-state index is 0.0835. The number of esters is 1. The SMILES string of the molecule is O=C(COC(=O)c1ccc(F)c(S(=O)(=O)N2CCOCC2)c1)Nc1cccc(Cl)c1. The molecule has 0 spiro atoms. The van der Waals surface area contributed by atoms with Crippen LogP contribution in [0.25, 0.3) is 0 Å². The maximum Gasteiger partial charge on any atom is 0.338 e. The van der Waals surface area contributed by atoms with Crippen LogP contribution in [0.1, 0.15) is 10.4 Å². The van der Waals surface area contributed by atoms with Gasteiger partial charge in [0.25, 0.3) is 5.91 Å². The molecule has 0 saturated carbocycles. The van der Waals surface area contributed by atoms with Gasteiger partial charge in [0.2, 0.25) is 10.0 Å². The molecule has 1 amide bonds. The molecule has 2 aromatic rings.